The van der Waals surface area contributed by atoms with Crippen molar-refractivity contribution in [3.63, 3.8) is 0 Å². The van der Waals surface area contributed by atoms with Crippen LogP contribution >= 0.6 is 0 Å². The summed E-state index contributed by atoms with van der Waals surface area (Å²) in [5.41, 5.74) is -0.318. The Kier molecular flexibility index (Phi) is 4.14. The molecule has 0 aliphatic rings. The molecule has 9 nitrogen and oxygen atoms in total. The highest BCUT2D eigenvalue weighted by atomic mass is 16.3. The van der Waals surface area contributed by atoms with E-state index in [-0.39, 0.29) is 24.9 Å². The first-order valence-corrected chi connectivity index (χ1v) is 6.53. The molecule has 0 amide bonds. The second-order valence-electron chi connectivity index (χ2n) is 4.91. The van der Waals surface area contributed by atoms with Gasteiger partial charge in [-0.25, -0.2) is 4.79 Å². The fraction of sp³-hybridized carbons (Fsp3) is 0.583. The zero-order valence-electron chi connectivity index (χ0n) is 12.2. The molecule has 3 N–H and O–H groups in total. The Hall–Kier alpha value is -2.13. The van der Waals surface area contributed by atoms with E-state index in [0.717, 1.165) is 4.57 Å². The lowest BCUT2D eigenvalue weighted by Crippen LogP contribution is -2.37. The van der Waals surface area contributed by atoms with Crippen LogP contribution in [0.5, 0.6) is 0 Å². The minimum absolute atomic E-state index is 0.0809. The molecular formula is C12H19N5O4. The Morgan fingerprint density at radius 3 is 2.38 bits per heavy atom. The Labute approximate surface area is 120 Å². The van der Waals surface area contributed by atoms with Gasteiger partial charge in [0, 0.05) is 27.7 Å². The summed E-state index contributed by atoms with van der Waals surface area (Å²) in [7, 11) is 4.60. The number of rotatable bonds is 5. The number of nitrogens with one attached hydrogen (secondary N) is 1. The molecule has 0 aromatic carbocycles. The standard InChI is InChI=1S/C12H19N5O4/c1-15-8-9(16(2)12(21)17(3)10(8)20)14-11(15)13-7(6-19)4-5-18/h7,18-19H,4-6H2,1-3H3,(H,13,14)/t7-/m1/s1. The lowest BCUT2D eigenvalue weighted by atomic mass is 10.2. The van der Waals surface area contributed by atoms with Crippen molar-refractivity contribution in [3.8, 4) is 0 Å². The van der Waals surface area contributed by atoms with Gasteiger partial charge in [-0.2, -0.15) is 4.98 Å². The van der Waals surface area contributed by atoms with Crippen LogP contribution in [0.1, 0.15) is 6.42 Å². The molecule has 2 aromatic rings. The first-order chi connectivity index (χ1) is 9.92. The first kappa shape index (κ1) is 15.3. The van der Waals surface area contributed by atoms with Crippen LogP contribution in [0.25, 0.3) is 11.2 Å². The molecule has 0 aliphatic carbocycles. The summed E-state index contributed by atoms with van der Waals surface area (Å²) in [6.07, 6.45) is 0.344. The quantitative estimate of drug-likeness (QED) is 0.595. The lowest BCUT2D eigenvalue weighted by molar-refractivity contribution is 0.228. The molecule has 0 unspecified atom stereocenters. The molecule has 1 atom stereocenters. The average Bonchev–Trinajstić information content (AvgIpc) is 2.79. The van der Waals surface area contributed by atoms with Gasteiger partial charge in [-0.05, 0) is 6.42 Å². The van der Waals surface area contributed by atoms with Crippen LogP contribution in [0, 0.1) is 0 Å². The molecule has 0 fully saturated rings. The first-order valence-electron chi connectivity index (χ1n) is 6.53. The van der Waals surface area contributed by atoms with Gasteiger partial charge in [0.15, 0.2) is 11.2 Å². The van der Waals surface area contributed by atoms with Gasteiger partial charge in [0.05, 0.1) is 12.6 Å². The highest BCUT2D eigenvalue weighted by molar-refractivity contribution is 5.74. The van der Waals surface area contributed by atoms with Crippen molar-refractivity contribution in [3.05, 3.63) is 20.8 Å². The van der Waals surface area contributed by atoms with Gasteiger partial charge >= 0.3 is 5.69 Å². The van der Waals surface area contributed by atoms with Crippen molar-refractivity contribution in [2.24, 2.45) is 21.1 Å². The van der Waals surface area contributed by atoms with Gasteiger partial charge < -0.3 is 20.1 Å². The van der Waals surface area contributed by atoms with Crippen LogP contribution in [0.4, 0.5) is 5.95 Å². The van der Waals surface area contributed by atoms with Gasteiger partial charge in [-0.1, -0.05) is 0 Å². The molecular weight excluding hydrogens is 278 g/mol. The van der Waals surface area contributed by atoms with Crippen molar-refractivity contribution >= 4 is 17.1 Å². The van der Waals surface area contributed by atoms with Gasteiger partial charge in [0.25, 0.3) is 5.56 Å². The lowest BCUT2D eigenvalue weighted by Gasteiger charge is -2.15. The second-order valence-corrected chi connectivity index (χ2v) is 4.91. The number of aryl methyl sites for hydroxylation is 2. The van der Waals surface area contributed by atoms with E-state index in [1.807, 2.05) is 0 Å². The molecule has 9 heteroatoms. The molecule has 0 bridgehead atoms. The van der Waals surface area contributed by atoms with Crippen molar-refractivity contribution in [1.29, 1.82) is 0 Å². The molecule has 0 saturated heterocycles. The molecule has 2 heterocycles. The average molecular weight is 297 g/mol. The van der Waals surface area contributed by atoms with E-state index in [0.29, 0.717) is 17.9 Å². The van der Waals surface area contributed by atoms with Crippen molar-refractivity contribution in [2.75, 3.05) is 18.5 Å². The van der Waals surface area contributed by atoms with Gasteiger partial charge in [0.2, 0.25) is 5.95 Å². The number of hydrogen-bond donors (Lipinski definition) is 3. The zero-order chi connectivity index (χ0) is 15.7. The summed E-state index contributed by atoms with van der Waals surface area (Å²) >= 11 is 0. The van der Waals surface area contributed by atoms with E-state index in [1.165, 1.54) is 23.2 Å². The third kappa shape index (κ3) is 2.45. The Morgan fingerprint density at radius 2 is 1.81 bits per heavy atom. The third-order valence-electron chi connectivity index (χ3n) is 3.51. The normalized spacial score (nSPS) is 12.8. The van der Waals surface area contributed by atoms with E-state index in [2.05, 4.69) is 10.3 Å². The summed E-state index contributed by atoms with van der Waals surface area (Å²) in [6, 6.07) is -0.383. The van der Waals surface area contributed by atoms with Crippen molar-refractivity contribution in [1.82, 2.24) is 18.7 Å². The number of anilines is 1. The van der Waals surface area contributed by atoms with E-state index in [1.54, 1.807) is 7.05 Å². The Bertz CT molecular complexity index is 773. The maximum Gasteiger partial charge on any atom is 0.332 e. The number of aliphatic hydroxyl groups is 2. The molecule has 116 valence electrons. The Balaban J connectivity index is 2.61. The summed E-state index contributed by atoms with van der Waals surface area (Å²) in [4.78, 5) is 28.3. The molecule has 2 aromatic heterocycles. The second kappa shape index (κ2) is 5.70. The molecule has 0 aliphatic heterocycles. The minimum Gasteiger partial charge on any atom is -0.396 e. The summed E-state index contributed by atoms with van der Waals surface area (Å²) < 4.78 is 3.85. The molecule has 21 heavy (non-hydrogen) atoms. The maximum atomic E-state index is 12.2. The molecule has 0 spiro atoms. The molecule has 0 radical (unpaired) electrons. The highest BCUT2D eigenvalue weighted by Crippen LogP contribution is 2.14. The predicted octanol–water partition coefficient (Wildman–Crippen LogP) is -1.87. The van der Waals surface area contributed by atoms with Crippen LogP contribution < -0.4 is 16.6 Å². The monoisotopic (exact) mass is 297 g/mol. The van der Waals surface area contributed by atoms with Crippen LogP contribution in [-0.4, -0.2) is 48.2 Å². The number of aliphatic hydroxyl groups excluding tert-OH is 2. The fourth-order valence-electron chi connectivity index (χ4n) is 2.20. The van der Waals surface area contributed by atoms with Crippen LogP contribution in [0.15, 0.2) is 9.59 Å². The maximum absolute atomic E-state index is 12.2. The number of hydrogen-bond acceptors (Lipinski definition) is 6. The van der Waals surface area contributed by atoms with E-state index in [9.17, 15) is 14.7 Å². The SMILES string of the molecule is Cn1c(=O)c2c(nc(N[C@@H](CO)CCO)n2C)n(C)c1=O. The van der Waals surface area contributed by atoms with Crippen molar-refractivity contribution in [2.45, 2.75) is 12.5 Å². The minimum atomic E-state index is -0.453. The van der Waals surface area contributed by atoms with Gasteiger partial charge in [-0.3, -0.25) is 13.9 Å². The Morgan fingerprint density at radius 1 is 1.14 bits per heavy atom. The van der Waals surface area contributed by atoms with Crippen LogP contribution in [-0.2, 0) is 21.1 Å². The van der Waals surface area contributed by atoms with Gasteiger partial charge in [0.1, 0.15) is 0 Å². The fourth-order valence-corrected chi connectivity index (χ4v) is 2.20. The number of aromatic nitrogens is 4. The largest absolute Gasteiger partial charge is 0.396 e. The number of fused-ring (bicyclic) bond motifs is 1. The zero-order valence-corrected chi connectivity index (χ0v) is 12.2. The van der Waals surface area contributed by atoms with Crippen LogP contribution in [0.3, 0.4) is 0 Å². The van der Waals surface area contributed by atoms with Gasteiger partial charge in [-0.15, -0.1) is 0 Å². The smallest absolute Gasteiger partial charge is 0.332 e. The number of imidazole rings is 1. The highest BCUT2D eigenvalue weighted by Gasteiger charge is 2.18. The van der Waals surface area contributed by atoms with Crippen molar-refractivity contribution < 1.29 is 10.2 Å². The number of nitrogens with zero attached hydrogens (tertiary/aromatic N) is 4. The third-order valence-corrected chi connectivity index (χ3v) is 3.51. The van der Waals surface area contributed by atoms with Crippen LogP contribution in [0.2, 0.25) is 0 Å². The summed E-state index contributed by atoms with van der Waals surface area (Å²) in [6.45, 7) is -0.261. The molecule has 0 saturated carbocycles. The van der Waals surface area contributed by atoms with E-state index in [4.69, 9.17) is 5.11 Å². The predicted molar refractivity (Wildman–Crippen MR) is 77.4 cm³/mol. The molecule has 2 rings (SSSR count). The summed E-state index contributed by atoms with van der Waals surface area (Å²) in [5.74, 6) is 0.357. The topological polar surface area (TPSA) is 114 Å². The van der Waals surface area contributed by atoms with E-state index < -0.39 is 11.2 Å². The van der Waals surface area contributed by atoms with E-state index >= 15 is 0 Å². The summed E-state index contributed by atoms with van der Waals surface area (Å²) in [5, 5.41) is 21.1.